The number of likely N-dealkylation sites (N-methyl/N-ethyl adjacent to an activating group) is 2. The van der Waals surface area contributed by atoms with Crippen LogP contribution in [-0.4, -0.2) is 31.1 Å². The summed E-state index contributed by atoms with van der Waals surface area (Å²) in [4.78, 5) is 2.64. The maximum Gasteiger partial charge on any atom is 0.0451 e. The number of hydrogen-bond acceptors (Lipinski definition) is 2. The van der Waals surface area contributed by atoms with Crippen molar-refractivity contribution < 1.29 is 0 Å². The van der Waals surface area contributed by atoms with Gasteiger partial charge >= 0.3 is 0 Å². The van der Waals surface area contributed by atoms with Gasteiger partial charge in [-0.3, -0.25) is 0 Å². The van der Waals surface area contributed by atoms with Gasteiger partial charge in [-0.1, -0.05) is 44.0 Å². The lowest BCUT2D eigenvalue weighted by Gasteiger charge is -2.34. The maximum absolute atomic E-state index is 3.70. The minimum Gasteiger partial charge on any atom is -0.309 e. The Bertz CT molecular complexity index is 437. The molecule has 0 aliphatic heterocycles. The van der Waals surface area contributed by atoms with Gasteiger partial charge in [-0.15, -0.1) is 0 Å². The Morgan fingerprint density at radius 3 is 2.57 bits per heavy atom. The Kier molecular flexibility index (Phi) is 6.25. The molecule has 1 aromatic carbocycles. The van der Waals surface area contributed by atoms with Crippen molar-refractivity contribution in [2.75, 3.05) is 26.2 Å². The first-order chi connectivity index (χ1) is 10.1. The van der Waals surface area contributed by atoms with Gasteiger partial charge in [-0.05, 0) is 56.8 Å². The fourth-order valence-electron chi connectivity index (χ4n) is 3.29. The van der Waals surface area contributed by atoms with Gasteiger partial charge in [-0.25, -0.2) is 0 Å². The van der Waals surface area contributed by atoms with Gasteiger partial charge in [-0.2, -0.15) is 0 Å². The Balaban J connectivity index is 2.07. The van der Waals surface area contributed by atoms with Gasteiger partial charge in [0.25, 0.3) is 0 Å². The first kappa shape index (κ1) is 16.5. The summed E-state index contributed by atoms with van der Waals surface area (Å²) >= 11 is 0. The third-order valence-corrected chi connectivity index (χ3v) is 4.89. The van der Waals surface area contributed by atoms with Crippen molar-refractivity contribution in [3.05, 3.63) is 34.9 Å². The average Bonchev–Trinajstić information content (AvgIpc) is 2.43. The Morgan fingerprint density at radius 2 is 2.00 bits per heavy atom. The van der Waals surface area contributed by atoms with Crippen LogP contribution in [0.25, 0.3) is 0 Å². The molecule has 1 aliphatic rings. The average molecular weight is 288 g/mol. The summed E-state index contributed by atoms with van der Waals surface area (Å²) in [5.74, 6) is 0.950. The van der Waals surface area contributed by atoms with Gasteiger partial charge in [0.2, 0.25) is 0 Å². The van der Waals surface area contributed by atoms with Crippen LogP contribution in [0.15, 0.2) is 18.2 Å². The molecule has 1 saturated carbocycles. The number of aryl methyl sites for hydroxylation is 2. The van der Waals surface area contributed by atoms with Crippen molar-refractivity contribution in [3.63, 3.8) is 0 Å². The van der Waals surface area contributed by atoms with E-state index in [1.807, 2.05) is 0 Å². The van der Waals surface area contributed by atoms with Crippen LogP contribution in [0.3, 0.4) is 0 Å². The molecule has 2 nitrogen and oxygen atoms in total. The summed E-state index contributed by atoms with van der Waals surface area (Å²) in [7, 11) is 0. The zero-order valence-corrected chi connectivity index (χ0v) is 14.3. The number of benzene rings is 1. The van der Waals surface area contributed by atoms with E-state index in [0.29, 0.717) is 6.04 Å². The maximum atomic E-state index is 3.70. The van der Waals surface area contributed by atoms with E-state index in [1.165, 1.54) is 42.5 Å². The molecule has 21 heavy (non-hydrogen) atoms. The third-order valence-electron chi connectivity index (χ3n) is 4.89. The zero-order valence-electron chi connectivity index (χ0n) is 14.3. The normalized spacial score (nSPS) is 17.0. The molecule has 1 unspecified atom stereocenters. The molecule has 2 heteroatoms. The van der Waals surface area contributed by atoms with Crippen LogP contribution >= 0.6 is 0 Å². The predicted molar refractivity (Wildman–Crippen MR) is 91.8 cm³/mol. The highest BCUT2D eigenvalue weighted by atomic mass is 15.1. The quantitative estimate of drug-likeness (QED) is 0.775. The van der Waals surface area contributed by atoms with Crippen LogP contribution in [0.4, 0.5) is 0 Å². The van der Waals surface area contributed by atoms with Crippen LogP contribution in [0, 0.1) is 19.8 Å². The Morgan fingerprint density at radius 1 is 1.24 bits per heavy atom. The SMILES string of the molecule is CCNC(CN(CC)CC1CCC1)c1cc(C)ccc1C. The smallest absolute Gasteiger partial charge is 0.0451 e. The summed E-state index contributed by atoms with van der Waals surface area (Å²) in [6, 6.07) is 7.29. The van der Waals surface area contributed by atoms with Gasteiger partial charge in [0.1, 0.15) is 0 Å². The molecule has 0 heterocycles. The molecule has 0 aromatic heterocycles. The fourth-order valence-corrected chi connectivity index (χ4v) is 3.29. The topological polar surface area (TPSA) is 15.3 Å². The molecule has 1 aliphatic carbocycles. The second-order valence-corrected chi connectivity index (χ2v) is 6.62. The first-order valence-corrected chi connectivity index (χ1v) is 8.66. The van der Waals surface area contributed by atoms with E-state index in [1.54, 1.807) is 0 Å². The molecule has 0 amide bonds. The number of hydrogen-bond donors (Lipinski definition) is 1. The summed E-state index contributed by atoms with van der Waals surface area (Å²) < 4.78 is 0. The number of nitrogens with one attached hydrogen (secondary N) is 1. The molecule has 1 N–H and O–H groups in total. The lowest BCUT2D eigenvalue weighted by molar-refractivity contribution is 0.170. The fraction of sp³-hybridized carbons (Fsp3) is 0.684. The lowest BCUT2D eigenvalue weighted by atomic mass is 9.85. The standard InChI is InChI=1S/C19H32N2/c1-5-20-19(18-12-15(3)10-11-16(18)4)14-21(6-2)13-17-8-7-9-17/h10-12,17,19-20H,5-9,13-14H2,1-4H3. The van der Waals surface area contributed by atoms with Gasteiger partial charge in [0, 0.05) is 19.1 Å². The highest BCUT2D eigenvalue weighted by Crippen LogP contribution is 2.28. The van der Waals surface area contributed by atoms with Crippen LogP contribution in [-0.2, 0) is 0 Å². The van der Waals surface area contributed by atoms with E-state index < -0.39 is 0 Å². The van der Waals surface area contributed by atoms with Crippen LogP contribution < -0.4 is 5.32 Å². The second kappa shape index (κ2) is 7.95. The molecule has 0 radical (unpaired) electrons. The molecule has 0 bridgehead atoms. The highest BCUT2D eigenvalue weighted by Gasteiger charge is 2.22. The summed E-state index contributed by atoms with van der Waals surface area (Å²) in [6.45, 7) is 13.5. The van der Waals surface area contributed by atoms with Crippen molar-refractivity contribution >= 4 is 0 Å². The molecule has 1 atom stereocenters. The van der Waals surface area contributed by atoms with E-state index in [4.69, 9.17) is 0 Å². The molecule has 1 aromatic rings. The molecular formula is C19H32N2. The predicted octanol–water partition coefficient (Wildman–Crippen LogP) is 4.08. The van der Waals surface area contributed by atoms with Crippen molar-refractivity contribution in [2.24, 2.45) is 5.92 Å². The van der Waals surface area contributed by atoms with Crippen molar-refractivity contribution in [1.82, 2.24) is 10.2 Å². The van der Waals surface area contributed by atoms with E-state index >= 15 is 0 Å². The van der Waals surface area contributed by atoms with Crippen LogP contribution in [0.2, 0.25) is 0 Å². The number of nitrogens with zero attached hydrogens (tertiary/aromatic N) is 1. The van der Waals surface area contributed by atoms with E-state index in [9.17, 15) is 0 Å². The minimum atomic E-state index is 0.454. The summed E-state index contributed by atoms with van der Waals surface area (Å²) in [5.41, 5.74) is 4.25. The van der Waals surface area contributed by atoms with E-state index in [-0.39, 0.29) is 0 Å². The summed E-state index contributed by atoms with van der Waals surface area (Å²) in [6.07, 6.45) is 4.31. The Labute approximate surface area is 130 Å². The highest BCUT2D eigenvalue weighted by molar-refractivity contribution is 5.33. The van der Waals surface area contributed by atoms with Crippen LogP contribution in [0.1, 0.15) is 55.8 Å². The second-order valence-electron chi connectivity index (χ2n) is 6.62. The lowest BCUT2D eigenvalue weighted by Crippen LogP contribution is -2.39. The first-order valence-electron chi connectivity index (χ1n) is 8.66. The Hall–Kier alpha value is -0.860. The molecular weight excluding hydrogens is 256 g/mol. The van der Waals surface area contributed by atoms with Crippen molar-refractivity contribution in [2.45, 2.75) is 53.0 Å². The monoisotopic (exact) mass is 288 g/mol. The van der Waals surface area contributed by atoms with Gasteiger partial charge in [0.05, 0.1) is 0 Å². The molecule has 0 saturated heterocycles. The summed E-state index contributed by atoms with van der Waals surface area (Å²) in [5, 5.41) is 3.70. The van der Waals surface area contributed by atoms with Gasteiger partial charge in [0.15, 0.2) is 0 Å². The third kappa shape index (κ3) is 4.55. The minimum absolute atomic E-state index is 0.454. The molecule has 1 fully saturated rings. The van der Waals surface area contributed by atoms with E-state index in [0.717, 1.165) is 25.6 Å². The van der Waals surface area contributed by atoms with Gasteiger partial charge < -0.3 is 10.2 Å². The number of rotatable bonds is 8. The molecule has 2 rings (SSSR count). The zero-order chi connectivity index (χ0) is 15.2. The van der Waals surface area contributed by atoms with Crippen molar-refractivity contribution in [1.29, 1.82) is 0 Å². The molecule has 0 spiro atoms. The van der Waals surface area contributed by atoms with Crippen LogP contribution in [0.5, 0.6) is 0 Å². The largest absolute Gasteiger partial charge is 0.309 e. The molecule has 118 valence electrons. The van der Waals surface area contributed by atoms with Crippen molar-refractivity contribution in [3.8, 4) is 0 Å². The van der Waals surface area contributed by atoms with E-state index in [2.05, 4.69) is 56.1 Å².